The Morgan fingerprint density at radius 1 is 1.21 bits per heavy atom. The quantitative estimate of drug-likeness (QED) is 0.899. The highest BCUT2D eigenvalue weighted by Crippen LogP contribution is 2.35. The first-order valence-electron chi connectivity index (χ1n) is 7.90. The summed E-state index contributed by atoms with van der Waals surface area (Å²) in [7, 11) is 0. The highest BCUT2D eigenvalue weighted by Gasteiger charge is 2.26. The Bertz CT molecular complexity index is 423. The Morgan fingerprint density at radius 3 is 2.53 bits per heavy atom. The molecule has 2 saturated carbocycles. The number of hydrogen-bond donors (Lipinski definition) is 1. The molecule has 2 fully saturated rings. The van der Waals surface area contributed by atoms with E-state index in [1.165, 1.54) is 43.4 Å². The van der Waals surface area contributed by atoms with Gasteiger partial charge in [-0.05, 0) is 50.9 Å². The molecule has 19 heavy (non-hydrogen) atoms. The van der Waals surface area contributed by atoms with Gasteiger partial charge in [0.15, 0.2) is 0 Å². The second-order valence-electron chi connectivity index (χ2n) is 6.95. The Kier molecular flexibility index (Phi) is 3.66. The average Bonchev–Trinajstić information content (AvgIpc) is 3.09. The minimum atomic E-state index is 0.618. The van der Waals surface area contributed by atoms with E-state index in [9.17, 15) is 0 Å². The summed E-state index contributed by atoms with van der Waals surface area (Å²) in [5.74, 6) is 1.68. The summed E-state index contributed by atoms with van der Waals surface area (Å²) in [6.07, 6.45) is 8.96. The van der Waals surface area contributed by atoms with Gasteiger partial charge in [-0.15, -0.1) is 0 Å². The molecule has 3 nitrogen and oxygen atoms in total. The topological polar surface area (TPSA) is 29.9 Å². The van der Waals surface area contributed by atoms with Crippen LogP contribution in [0.3, 0.4) is 0 Å². The maximum Gasteiger partial charge on any atom is 0.0638 e. The van der Waals surface area contributed by atoms with E-state index < -0.39 is 0 Å². The summed E-state index contributed by atoms with van der Waals surface area (Å²) in [5.41, 5.74) is 2.59. The molecule has 0 aromatic carbocycles. The largest absolute Gasteiger partial charge is 0.310 e. The van der Waals surface area contributed by atoms with Gasteiger partial charge in [0.1, 0.15) is 0 Å². The van der Waals surface area contributed by atoms with E-state index in [4.69, 9.17) is 5.10 Å². The molecule has 3 rings (SSSR count). The molecule has 0 spiro atoms. The highest BCUT2D eigenvalue weighted by molar-refractivity contribution is 5.16. The molecule has 1 aromatic rings. The number of aromatic nitrogens is 2. The molecule has 1 aromatic heterocycles. The SMILES string of the molecule is Cc1nn(C2CC(C)CC(C)C2)cc1CNC1CC1. The Balaban J connectivity index is 1.67. The number of nitrogens with one attached hydrogen (secondary N) is 1. The lowest BCUT2D eigenvalue weighted by atomic mass is 9.80. The van der Waals surface area contributed by atoms with E-state index in [1.54, 1.807) is 0 Å². The van der Waals surface area contributed by atoms with Crippen LogP contribution in [0.4, 0.5) is 0 Å². The molecule has 2 aliphatic carbocycles. The zero-order valence-corrected chi connectivity index (χ0v) is 12.5. The number of rotatable bonds is 4. The zero-order valence-electron chi connectivity index (χ0n) is 12.5. The molecule has 106 valence electrons. The highest BCUT2D eigenvalue weighted by atomic mass is 15.3. The molecule has 0 amide bonds. The molecule has 0 bridgehead atoms. The molecule has 0 saturated heterocycles. The molecule has 1 heterocycles. The van der Waals surface area contributed by atoms with Crippen LogP contribution >= 0.6 is 0 Å². The minimum absolute atomic E-state index is 0.618. The van der Waals surface area contributed by atoms with Gasteiger partial charge < -0.3 is 5.32 Å². The second-order valence-corrected chi connectivity index (χ2v) is 6.95. The van der Waals surface area contributed by atoms with Crippen LogP contribution in [0.1, 0.15) is 63.3 Å². The van der Waals surface area contributed by atoms with Gasteiger partial charge in [-0.25, -0.2) is 0 Å². The van der Waals surface area contributed by atoms with Crippen LogP contribution < -0.4 is 5.32 Å². The van der Waals surface area contributed by atoms with Gasteiger partial charge in [0.05, 0.1) is 11.7 Å². The summed E-state index contributed by atoms with van der Waals surface area (Å²) in [6, 6.07) is 1.39. The van der Waals surface area contributed by atoms with Gasteiger partial charge in [0.2, 0.25) is 0 Å². The van der Waals surface area contributed by atoms with Gasteiger partial charge in [-0.3, -0.25) is 4.68 Å². The monoisotopic (exact) mass is 261 g/mol. The van der Waals surface area contributed by atoms with Crippen molar-refractivity contribution in [3.63, 3.8) is 0 Å². The predicted octanol–water partition coefficient (Wildman–Crippen LogP) is 3.44. The van der Waals surface area contributed by atoms with E-state index in [0.29, 0.717) is 6.04 Å². The lowest BCUT2D eigenvalue weighted by Gasteiger charge is -2.31. The summed E-state index contributed by atoms with van der Waals surface area (Å²) >= 11 is 0. The van der Waals surface area contributed by atoms with E-state index in [0.717, 1.165) is 24.4 Å². The van der Waals surface area contributed by atoms with Gasteiger partial charge in [0, 0.05) is 24.3 Å². The molecule has 3 heteroatoms. The fourth-order valence-corrected chi connectivity index (χ4v) is 3.54. The summed E-state index contributed by atoms with van der Waals surface area (Å²) in [4.78, 5) is 0. The maximum atomic E-state index is 4.78. The van der Waals surface area contributed by atoms with Crippen LogP contribution in [0, 0.1) is 18.8 Å². The van der Waals surface area contributed by atoms with Crippen molar-refractivity contribution in [1.82, 2.24) is 15.1 Å². The van der Waals surface area contributed by atoms with Crippen LogP contribution in [0.25, 0.3) is 0 Å². The predicted molar refractivity (Wildman–Crippen MR) is 78.0 cm³/mol. The normalized spacial score (nSPS) is 31.6. The first-order chi connectivity index (χ1) is 9.11. The Hall–Kier alpha value is -0.830. The first kappa shape index (κ1) is 13.2. The molecule has 2 unspecified atom stereocenters. The van der Waals surface area contributed by atoms with Gasteiger partial charge in [0.25, 0.3) is 0 Å². The van der Waals surface area contributed by atoms with Crippen molar-refractivity contribution in [2.24, 2.45) is 11.8 Å². The van der Waals surface area contributed by atoms with Crippen molar-refractivity contribution in [1.29, 1.82) is 0 Å². The lowest BCUT2D eigenvalue weighted by molar-refractivity contribution is 0.209. The van der Waals surface area contributed by atoms with Crippen molar-refractivity contribution in [2.45, 2.75) is 71.5 Å². The molecular weight excluding hydrogens is 234 g/mol. The minimum Gasteiger partial charge on any atom is -0.310 e. The summed E-state index contributed by atoms with van der Waals surface area (Å²) < 4.78 is 2.26. The third-order valence-electron chi connectivity index (χ3n) is 4.70. The Morgan fingerprint density at radius 2 is 1.89 bits per heavy atom. The molecule has 1 N–H and O–H groups in total. The van der Waals surface area contributed by atoms with Gasteiger partial charge >= 0.3 is 0 Å². The lowest BCUT2D eigenvalue weighted by Crippen LogP contribution is -2.23. The van der Waals surface area contributed by atoms with Crippen molar-refractivity contribution in [3.8, 4) is 0 Å². The fraction of sp³-hybridized carbons (Fsp3) is 0.812. The number of aryl methyl sites for hydroxylation is 1. The molecule has 0 radical (unpaired) electrons. The van der Waals surface area contributed by atoms with Crippen LogP contribution in [0.15, 0.2) is 6.20 Å². The standard InChI is InChI=1S/C16H27N3/c1-11-6-12(2)8-16(7-11)19-10-14(13(3)18-19)9-17-15-4-5-15/h10-12,15-17H,4-9H2,1-3H3. The van der Waals surface area contributed by atoms with Crippen LogP contribution in [0.2, 0.25) is 0 Å². The van der Waals surface area contributed by atoms with Crippen LogP contribution in [-0.2, 0) is 6.54 Å². The maximum absolute atomic E-state index is 4.78. The molecular formula is C16H27N3. The smallest absolute Gasteiger partial charge is 0.0638 e. The van der Waals surface area contributed by atoms with E-state index >= 15 is 0 Å². The first-order valence-corrected chi connectivity index (χ1v) is 7.90. The number of nitrogens with zero attached hydrogens (tertiary/aromatic N) is 2. The summed E-state index contributed by atoms with van der Waals surface area (Å²) in [5, 5.41) is 8.37. The van der Waals surface area contributed by atoms with Crippen molar-refractivity contribution in [3.05, 3.63) is 17.5 Å². The van der Waals surface area contributed by atoms with Crippen molar-refractivity contribution < 1.29 is 0 Å². The average molecular weight is 261 g/mol. The van der Waals surface area contributed by atoms with Gasteiger partial charge in [-0.2, -0.15) is 5.10 Å². The van der Waals surface area contributed by atoms with E-state index in [-0.39, 0.29) is 0 Å². The van der Waals surface area contributed by atoms with E-state index in [2.05, 4.69) is 37.0 Å². The van der Waals surface area contributed by atoms with E-state index in [1.807, 2.05) is 0 Å². The second kappa shape index (κ2) is 5.28. The third-order valence-corrected chi connectivity index (χ3v) is 4.70. The zero-order chi connectivity index (χ0) is 13.4. The van der Waals surface area contributed by atoms with Gasteiger partial charge in [-0.1, -0.05) is 13.8 Å². The third kappa shape index (κ3) is 3.19. The summed E-state index contributed by atoms with van der Waals surface area (Å²) in [6.45, 7) is 7.91. The molecule has 0 aliphatic heterocycles. The van der Waals surface area contributed by atoms with Crippen molar-refractivity contribution >= 4 is 0 Å². The van der Waals surface area contributed by atoms with Crippen LogP contribution in [-0.4, -0.2) is 15.8 Å². The number of hydrogen-bond acceptors (Lipinski definition) is 2. The fourth-order valence-electron chi connectivity index (χ4n) is 3.54. The molecule has 2 atom stereocenters. The van der Waals surface area contributed by atoms with Crippen LogP contribution in [0.5, 0.6) is 0 Å². The Labute approximate surface area is 116 Å². The van der Waals surface area contributed by atoms with Crippen molar-refractivity contribution in [2.75, 3.05) is 0 Å². The molecule has 2 aliphatic rings.